The minimum atomic E-state index is -4.15. The Labute approximate surface area is 141 Å². The maximum Gasteiger partial charge on any atom is 0.391 e. The number of amides is 2. The third kappa shape index (κ3) is 4.06. The molecule has 3 nitrogen and oxygen atoms in total. The second-order valence-corrected chi connectivity index (χ2v) is 7.79. The fraction of sp³-hybridized carbons (Fsp3) is 0.833. The Morgan fingerprint density at radius 3 is 2.71 bits per heavy atom. The molecule has 1 N–H and O–H groups in total. The number of likely N-dealkylation sites (tertiary alicyclic amines) is 1. The number of urea groups is 1. The summed E-state index contributed by atoms with van der Waals surface area (Å²) in [5, 5.41) is 2.88. The number of hydrogen-bond acceptors (Lipinski definition) is 1. The van der Waals surface area contributed by atoms with Crippen molar-refractivity contribution in [3.05, 3.63) is 12.2 Å². The minimum absolute atomic E-state index is 0.0248. The molecule has 3 aliphatic rings. The zero-order chi connectivity index (χ0) is 17.2. The van der Waals surface area contributed by atoms with Gasteiger partial charge in [-0.1, -0.05) is 18.6 Å². The van der Waals surface area contributed by atoms with Crippen molar-refractivity contribution in [2.75, 3.05) is 13.1 Å². The summed E-state index contributed by atoms with van der Waals surface area (Å²) in [5.74, 6) is -1.27. The first-order chi connectivity index (χ1) is 11.4. The lowest BCUT2D eigenvalue weighted by Crippen LogP contribution is -2.53. The summed E-state index contributed by atoms with van der Waals surface area (Å²) < 4.78 is 38.7. The fourth-order valence-corrected chi connectivity index (χ4v) is 4.58. The Balaban J connectivity index is 1.55. The van der Waals surface area contributed by atoms with Gasteiger partial charge in [0.05, 0.1) is 5.92 Å². The Morgan fingerprint density at radius 2 is 2.00 bits per heavy atom. The molecule has 2 amide bonds. The van der Waals surface area contributed by atoms with E-state index >= 15 is 0 Å². The van der Waals surface area contributed by atoms with Crippen LogP contribution in [-0.4, -0.2) is 36.2 Å². The van der Waals surface area contributed by atoms with E-state index in [4.69, 9.17) is 0 Å². The molecule has 0 radical (unpaired) electrons. The van der Waals surface area contributed by atoms with E-state index in [-0.39, 0.29) is 30.3 Å². The lowest BCUT2D eigenvalue weighted by atomic mass is 9.71. The lowest BCUT2D eigenvalue weighted by molar-refractivity contribution is -0.183. The Morgan fingerprint density at radius 1 is 1.17 bits per heavy atom. The molecule has 3 rings (SSSR count). The molecular formula is C18H27F3N2O. The number of rotatable bonds is 1. The summed E-state index contributed by atoms with van der Waals surface area (Å²) in [6, 6.07) is -0.515. The van der Waals surface area contributed by atoms with Crippen LogP contribution in [0.2, 0.25) is 0 Å². The summed E-state index contributed by atoms with van der Waals surface area (Å²) in [5.41, 5.74) is 0.186. The summed E-state index contributed by atoms with van der Waals surface area (Å²) in [6.07, 6.45) is 6.96. The Hall–Kier alpha value is -1.20. The highest BCUT2D eigenvalue weighted by atomic mass is 19.4. The van der Waals surface area contributed by atoms with E-state index in [1.807, 2.05) is 4.90 Å². The Kier molecular flexibility index (Phi) is 5.11. The molecular weight excluding hydrogens is 317 g/mol. The maximum absolute atomic E-state index is 12.9. The second kappa shape index (κ2) is 6.96. The van der Waals surface area contributed by atoms with Crippen molar-refractivity contribution in [3.8, 4) is 0 Å². The number of carbonyl (C=O) groups excluding carboxylic acids is 1. The molecule has 0 bridgehead atoms. The standard InChI is InChI=1S/C18H27F3N2O/c19-18(20,21)14-6-4-7-15(12-14)22-16(24)23-11-5-10-17(13-23)8-2-1-3-9-17/h1-2,14-15H,3-13H2,(H,22,24)/t14-,15+,17-/m0/s1. The number of allylic oxidation sites excluding steroid dienone is 2. The molecule has 1 saturated carbocycles. The SMILES string of the molecule is O=C(N[C@@H]1CCC[C@H](C(F)(F)F)C1)N1CCC[C@@]2(CC=CCC2)C1. The molecule has 6 heteroatoms. The van der Waals surface area contributed by atoms with Crippen molar-refractivity contribution >= 4 is 6.03 Å². The van der Waals surface area contributed by atoms with Gasteiger partial charge in [0.25, 0.3) is 0 Å². The molecule has 1 saturated heterocycles. The van der Waals surface area contributed by atoms with Crippen LogP contribution in [0.1, 0.15) is 57.8 Å². The zero-order valence-corrected chi connectivity index (χ0v) is 14.1. The summed E-state index contributed by atoms with van der Waals surface area (Å²) >= 11 is 0. The number of piperidine rings is 1. The van der Waals surface area contributed by atoms with Gasteiger partial charge in [-0.25, -0.2) is 4.79 Å². The third-order valence-corrected chi connectivity index (χ3v) is 5.97. The summed E-state index contributed by atoms with van der Waals surface area (Å²) in [7, 11) is 0. The van der Waals surface area contributed by atoms with Gasteiger partial charge in [0.1, 0.15) is 0 Å². The molecule has 0 aromatic carbocycles. The van der Waals surface area contributed by atoms with Crippen LogP contribution in [0.4, 0.5) is 18.0 Å². The van der Waals surface area contributed by atoms with Crippen LogP contribution in [0.3, 0.4) is 0 Å². The predicted octanol–water partition coefficient (Wildman–Crippen LogP) is 4.64. The lowest BCUT2D eigenvalue weighted by Gasteiger charge is -2.44. The summed E-state index contributed by atoms with van der Waals surface area (Å²) in [4.78, 5) is 14.4. The van der Waals surface area contributed by atoms with Gasteiger partial charge in [0, 0.05) is 19.1 Å². The number of alkyl halides is 3. The van der Waals surface area contributed by atoms with Gasteiger partial charge in [0.15, 0.2) is 0 Å². The van der Waals surface area contributed by atoms with Gasteiger partial charge in [0.2, 0.25) is 0 Å². The minimum Gasteiger partial charge on any atom is -0.335 e. The van der Waals surface area contributed by atoms with E-state index in [1.165, 1.54) is 0 Å². The van der Waals surface area contributed by atoms with Crippen LogP contribution in [0, 0.1) is 11.3 Å². The molecule has 1 heterocycles. The number of carbonyl (C=O) groups is 1. The van der Waals surface area contributed by atoms with Crippen LogP contribution < -0.4 is 5.32 Å². The van der Waals surface area contributed by atoms with Gasteiger partial charge in [-0.3, -0.25) is 0 Å². The van der Waals surface area contributed by atoms with E-state index in [2.05, 4.69) is 17.5 Å². The van der Waals surface area contributed by atoms with Crippen LogP contribution in [-0.2, 0) is 0 Å². The summed E-state index contributed by atoms with van der Waals surface area (Å²) in [6.45, 7) is 1.45. The first-order valence-corrected chi connectivity index (χ1v) is 9.15. The van der Waals surface area contributed by atoms with Gasteiger partial charge in [-0.05, 0) is 56.8 Å². The van der Waals surface area contributed by atoms with E-state index in [0.717, 1.165) is 38.6 Å². The topological polar surface area (TPSA) is 32.3 Å². The molecule has 2 fully saturated rings. The molecule has 0 aromatic heterocycles. The van der Waals surface area contributed by atoms with Crippen molar-refractivity contribution in [3.63, 3.8) is 0 Å². The molecule has 1 spiro atoms. The van der Waals surface area contributed by atoms with E-state index < -0.39 is 12.1 Å². The highest BCUT2D eigenvalue weighted by Crippen LogP contribution is 2.41. The van der Waals surface area contributed by atoms with E-state index in [1.54, 1.807) is 0 Å². The maximum atomic E-state index is 12.9. The monoisotopic (exact) mass is 344 g/mol. The number of halogens is 3. The van der Waals surface area contributed by atoms with Crippen LogP contribution in [0.5, 0.6) is 0 Å². The largest absolute Gasteiger partial charge is 0.391 e. The molecule has 0 aromatic rings. The number of nitrogens with zero attached hydrogens (tertiary/aromatic N) is 1. The molecule has 3 atom stereocenters. The van der Waals surface area contributed by atoms with Crippen LogP contribution in [0.25, 0.3) is 0 Å². The van der Waals surface area contributed by atoms with Crippen LogP contribution >= 0.6 is 0 Å². The van der Waals surface area contributed by atoms with Crippen molar-refractivity contribution in [2.24, 2.45) is 11.3 Å². The smallest absolute Gasteiger partial charge is 0.335 e. The van der Waals surface area contributed by atoms with Crippen molar-refractivity contribution in [2.45, 2.75) is 70.0 Å². The van der Waals surface area contributed by atoms with Crippen molar-refractivity contribution < 1.29 is 18.0 Å². The van der Waals surface area contributed by atoms with Crippen molar-refractivity contribution in [1.82, 2.24) is 10.2 Å². The third-order valence-electron chi connectivity index (χ3n) is 5.97. The molecule has 1 aliphatic heterocycles. The van der Waals surface area contributed by atoms with Gasteiger partial charge < -0.3 is 10.2 Å². The quantitative estimate of drug-likeness (QED) is 0.691. The molecule has 24 heavy (non-hydrogen) atoms. The van der Waals surface area contributed by atoms with Crippen molar-refractivity contribution in [1.29, 1.82) is 0 Å². The number of hydrogen-bond donors (Lipinski definition) is 1. The average molecular weight is 344 g/mol. The zero-order valence-electron chi connectivity index (χ0n) is 14.1. The molecule has 136 valence electrons. The molecule has 2 aliphatic carbocycles. The highest BCUT2D eigenvalue weighted by Gasteiger charge is 2.43. The predicted molar refractivity (Wildman–Crippen MR) is 86.6 cm³/mol. The van der Waals surface area contributed by atoms with Gasteiger partial charge in [-0.2, -0.15) is 13.2 Å². The first-order valence-electron chi connectivity index (χ1n) is 9.15. The highest BCUT2D eigenvalue weighted by molar-refractivity contribution is 5.74. The molecule has 0 unspecified atom stereocenters. The van der Waals surface area contributed by atoms with Gasteiger partial charge >= 0.3 is 12.2 Å². The normalized spacial score (nSPS) is 34.4. The fourth-order valence-electron chi connectivity index (χ4n) is 4.58. The van der Waals surface area contributed by atoms with Crippen LogP contribution in [0.15, 0.2) is 12.2 Å². The second-order valence-electron chi connectivity index (χ2n) is 7.79. The first kappa shape index (κ1) is 17.6. The number of nitrogens with one attached hydrogen (secondary N) is 1. The average Bonchev–Trinajstić information content (AvgIpc) is 2.55. The van der Waals surface area contributed by atoms with E-state index in [9.17, 15) is 18.0 Å². The Bertz CT molecular complexity index is 491. The van der Waals surface area contributed by atoms with Gasteiger partial charge in [-0.15, -0.1) is 0 Å². The van der Waals surface area contributed by atoms with E-state index in [0.29, 0.717) is 19.4 Å².